The maximum absolute atomic E-state index is 14.3. The van der Waals surface area contributed by atoms with Gasteiger partial charge in [-0.25, -0.2) is 4.98 Å². The zero-order valence-electron chi connectivity index (χ0n) is 35.8. The van der Waals surface area contributed by atoms with E-state index in [1.807, 2.05) is 93.4 Å². The third-order valence-corrected chi connectivity index (χ3v) is 12.5. The number of ether oxygens (including phenoxy) is 2. The van der Waals surface area contributed by atoms with Crippen molar-refractivity contribution in [3.05, 3.63) is 87.9 Å². The van der Waals surface area contributed by atoms with Crippen molar-refractivity contribution in [3.8, 4) is 0 Å². The Morgan fingerprint density at radius 2 is 1.59 bits per heavy atom. The van der Waals surface area contributed by atoms with Gasteiger partial charge in [-0.2, -0.15) is 0 Å². The van der Waals surface area contributed by atoms with E-state index in [9.17, 15) is 28.8 Å². The smallest absolute Gasteiger partial charge is 0.320 e. The molecule has 0 spiro atoms. The number of nitrogens with zero attached hydrogens (tertiary/aromatic N) is 4. The van der Waals surface area contributed by atoms with E-state index >= 15 is 0 Å². The van der Waals surface area contributed by atoms with Crippen LogP contribution < -0.4 is 16.0 Å². The molecular formula is C45H59N7O8S. The molecule has 3 N–H and O–H groups in total. The van der Waals surface area contributed by atoms with Crippen molar-refractivity contribution in [2.75, 3.05) is 46.4 Å². The zero-order valence-corrected chi connectivity index (χ0v) is 36.6. The van der Waals surface area contributed by atoms with Crippen LogP contribution in [0, 0.1) is 5.92 Å². The van der Waals surface area contributed by atoms with E-state index in [1.54, 1.807) is 6.92 Å². The van der Waals surface area contributed by atoms with E-state index < -0.39 is 59.4 Å². The maximum atomic E-state index is 14.3. The molecule has 328 valence electrons. The van der Waals surface area contributed by atoms with Crippen LogP contribution in [-0.4, -0.2) is 137 Å². The largest absolute Gasteiger partial charge is 0.457 e. The topological polar surface area (TPSA) is 183 Å². The number of nitrogens with one attached hydrogen (secondary N) is 3. The number of esters is 1. The second kappa shape index (κ2) is 20.7. The Morgan fingerprint density at radius 1 is 0.934 bits per heavy atom. The zero-order chi connectivity index (χ0) is 43.7. The number of likely N-dealkylation sites (tertiary alicyclic amines) is 1. The van der Waals surface area contributed by atoms with E-state index in [1.165, 1.54) is 11.1 Å². The minimum atomic E-state index is -1.02. The van der Waals surface area contributed by atoms with Gasteiger partial charge in [0.05, 0.1) is 25.4 Å². The standard InChI is InChI=1S/C45H59N7O8S/c1-29(2)22-34(40(54)45(4)28-60-45)48-42(56)36(24-32-14-10-7-11-15-32)52-30(3)23-35(44(52)58)49-41(55)33(17-16-31-12-8-6-9-13-31)47-43(57)37-25-46-38(61-37)27-59-39(53)26-51-20-18-50(5)19-21-51/h6-15,25,29-30,33-36H,16-24,26-28H2,1-5H3,(H,47,57)(H,48,56)(H,49,55)/t30?,33-,34-,35-,36-,45?/m0/s1. The van der Waals surface area contributed by atoms with Gasteiger partial charge in [-0.3, -0.25) is 33.7 Å². The van der Waals surface area contributed by atoms with Gasteiger partial charge >= 0.3 is 5.97 Å². The average molecular weight is 858 g/mol. The summed E-state index contributed by atoms with van der Waals surface area (Å²) < 4.78 is 10.9. The highest BCUT2D eigenvalue weighted by Gasteiger charge is 2.51. The highest BCUT2D eigenvalue weighted by atomic mass is 32.1. The summed E-state index contributed by atoms with van der Waals surface area (Å²) in [5, 5.41) is 9.18. The van der Waals surface area contributed by atoms with Crippen LogP contribution in [0.25, 0.3) is 0 Å². The molecule has 0 aliphatic carbocycles. The Morgan fingerprint density at radius 3 is 2.23 bits per heavy atom. The summed E-state index contributed by atoms with van der Waals surface area (Å²) in [5.41, 5.74) is 0.858. The number of carbonyl (C=O) groups excluding carboxylic acids is 6. The fraction of sp³-hybridized carbons (Fsp3) is 0.533. The van der Waals surface area contributed by atoms with Crippen LogP contribution in [0.5, 0.6) is 0 Å². The summed E-state index contributed by atoms with van der Waals surface area (Å²) in [4.78, 5) is 92.7. The van der Waals surface area contributed by atoms with Gasteiger partial charge in [-0.1, -0.05) is 74.5 Å². The number of piperazine rings is 1. The van der Waals surface area contributed by atoms with Gasteiger partial charge in [-0.15, -0.1) is 11.3 Å². The average Bonchev–Trinajstić information content (AvgIpc) is 3.70. The molecule has 3 aliphatic rings. The quantitative estimate of drug-likeness (QED) is 0.112. The second-order valence-corrected chi connectivity index (χ2v) is 18.2. The molecule has 16 heteroatoms. The number of likely N-dealkylation sites (N-methyl/N-ethyl adjacent to an activating group) is 1. The summed E-state index contributed by atoms with van der Waals surface area (Å²) in [5.74, 6) is -2.41. The molecule has 2 unspecified atom stereocenters. The number of hydrogen-bond donors (Lipinski definition) is 3. The number of thiazole rings is 1. The number of epoxide rings is 1. The van der Waals surface area contributed by atoms with Gasteiger partial charge in [0.15, 0.2) is 5.78 Å². The lowest BCUT2D eigenvalue weighted by molar-refractivity contribution is -0.146. The Bertz CT molecular complexity index is 2000. The minimum Gasteiger partial charge on any atom is -0.457 e. The molecule has 0 radical (unpaired) electrons. The molecular weight excluding hydrogens is 799 g/mol. The normalized spacial score (nSPS) is 22.0. The van der Waals surface area contributed by atoms with Gasteiger partial charge in [0.25, 0.3) is 5.91 Å². The third kappa shape index (κ3) is 12.5. The molecule has 1 aromatic heterocycles. The molecule has 3 aliphatic heterocycles. The van der Waals surface area contributed by atoms with E-state index in [0.717, 1.165) is 48.6 Å². The minimum absolute atomic E-state index is 0.0767. The van der Waals surface area contributed by atoms with E-state index in [-0.39, 0.29) is 55.0 Å². The van der Waals surface area contributed by atoms with Crippen LogP contribution in [0.3, 0.4) is 0 Å². The van der Waals surface area contributed by atoms with Gasteiger partial charge in [0.1, 0.15) is 40.2 Å². The van der Waals surface area contributed by atoms with Crippen molar-refractivity contribution in [2.24, 2.45) is 5.92 Å². The summed E-state index contributed by atoms with van der Waals surface area (Å²) in [6.45, 7) is 11.2. The van der Waals surface area contributed by atoms with Crippen LogP contribution in [0.2, 0.25) is 0 Å². The van der Waals surface area contributed by atoms with Crippen LogP contribution in [0.1, 0.15) is 72.8 Å². The number of benzene rings is 2. The number of amides is 4. The first-order valence-corrected chi connectivity index (χ1v) is 22.0. The molecule has 2 aromatic carbocycles. The van der Waals surface area contributed by atoms with Gasteiger partial charge in [0, 0.05) is 38.6 Å². The third-order valence-electron chi connectivity index (χ3n) is 11.5. The first-order chi connectivity index (χ1) is 29.2. The number of carbonyl (C=O) groups is 6. The molecule has 0 saturated carbocycles. The van der Waals surface area contributed by atoms with E-state index in [4.69, 9.17) is 9.47 Å². The predicted octanol–water partition coefficient (Wildman–Crippen LogP) is 2.77. The summed E-state index contributed by atoms with van der Waals surface area (Å²) >= 11 is 1.07. The maximum Gasteiger partial charge on any atom is 0.320 e. The number of ketones is 1. The molecule has 4 heterocycles. The highest BCUT2D eigenvalue weighted by Crippen LogP contribution is 2.30. The van der Waals surface area contributed by atoms with Crippen LogP contribution >= 0.6 is 11.3 Å². The Kier molecular flexibility index (Phi) is 15.4. The van der Waals surface area contributed by atoms with Crippen LogP contribution in [0.4, 0.5) is 0 Å². The first-order valence-electron chi connectivity index (χ1n) is 21.2. The Labute approximate surface area is 361 Å². The summed E-state index contributed by atoms with van der Waals surface area (Å²) in [6, 6.07) is 14.7. The van der Waals surface area contributed by atoms with E-state index in [0.29, 0.717) is 24.5 Å². The van der Waals surface area contributed by atoms with Crippen molar-refractivity contribution in [3.63, 3.8) is 0 Å². The van der Waals surface area contributed by atoms with Gasteiger partial charge < -0.3 is 35.2 Å². The summed E-state index contributed by atoms with van der Waals surface area (Å²) in [6.07, 6.45) is 2.94. The fourth-order valence-electron chi connectivity index (χ4n) is 7.86. The van der Waals surface area contributed by atoms with Crippen LogP contribution in [0.15, 0.2) is 66.9 Å². The molecule has 15 nitrogen and oxygen atoms in total. The first kappa shape index (κ1) is 45.5. The van der Waals surface area contributed by atoms with Crippen molar-refractivity contribution >= 4 is 46.7 Å². The molecule has 6 rings (SSSR count). The number of aryl methyl sites for hydroxylation is 1. The lowest BCUT2D eigenvalue weighted by atomic mass is 9.92. The Balaban J connectivity index is 1.13. The van der Waals surface area contributed by atoms with Crippen molar-refractivity contribution in [1.29, 1.82) is 0 Å². The van der Waals surface area contributed by atoms with Crippen molar-refractivity contribution in [2.45, 2.75) is 102 Å². The molecule has 6 atom stereocenters. The molecule has 3 saturated heterocycles. The van der Waals surface area contributed by atoms with Gasteiger partial charge in [-0.05, 0) is 63.6 Å². The number of rotatable bonds is 20. The molecule has 4 amide bonds. The van der Waals surface area contributed by atoms with Gasteiger partial charge in [0.2, 0.25) is 17.7 Å². The predicted molar refractivity (Wildman–Crippen MR) is 229 cm³/mol. The fourth-order valence-corrected chi connectivity index (χ4v) is 8.60. The molecule has 3 aromatic rings. The number of Topliss-reactive ketones (excluding diaryl/α,β-unsaturated/α-hetero) is 1. The van der Waals surface area contributed by atoms with Crippen molar-refractivity contribution in [1.82, 2.24) is 35.6 Å². The van der Waals surface area contributed by atoms with Crippen LogP contribution in [-0.2, 0) is 52.9 Å². The molecule has 61 heavy (non-hydrogen) atoms. The number of hydrogen-bond acceptors (Lipinski definition) is 12. The molecule has 3 fully saturated rings. The lowest BCUT2D eigenvalue weighted by Crippen LogP contribution is -2.57. The number of aromatic nitrogens is 1. The Hall–Kier alpha value is -5.03. The monoisotopic (exact) mass is 857 g/mol. The highest BCUT2D eigenvalue weighted by molar-refractivity contribution is 7.13. The van der Waals surface area contributed by atoms with Crippen molar-refractivity contribution < 1.29 is 38.2 Å². The summed E-state index contributed by atoms with van der Waals surface area (Å²) in [7, 11) is 2.04. The van der Waals surface area contributed by atoms with E-state index in [2.05, 4.69) is 25.8 Å². The SMILES string of the molecule is CC(C)C[C@H](NC(=O)[C@H](Cc1ccccc1)N1C(=O)[C@@H](NC(=O)[C@H](CCc2ccccc2)NC(=O)c2cnc(COC(=O)CN3CCN(C)CC3)s2)CC1C)C(=O)C1(C)CO1. The second-order valence-electron chi connectivity index (χ2n) is 17.1. The molecule has 0 bridgehead atoms. The lowest BCUT2D eigenvalue weighted by Gasteiger charge is -2.33.